The van der Waals surface area contributed by atoms with Crippen molar-refractivity contribution >= 4 is 26.8 Å². The van der Waals surface area contributed by atoms with Crippen LogP contribution in [0, 0.1) is 0 Å². The van der Waals surface area contributed by atoms with Crippen LogP contribution in [0.4, 0.5) is 11.4 Å². The van der Waals surface area contributed by atoms with E-state index in [9.17, 15) is 0 Å². The number of hydrogen-bond donors (Lipinski definition) is 1. The molecule has 3 rings (SSSR count). The van der Waals surface area contributed by atoms with Crippen molar-refractivity contribution in [2.45, 2.75) is 20.1 Å². The molecule has 3 aromatic carbocycles. The van der Waals surface area contributed by atoms with Crippen LogP contribution in [0.3, 0.4) is 0 Å². The third-order valence-corrected chi connectivity index (χ3v) is 4.09. The summed E-state index contributed by atoms with van der Waals surface area (Å²) < 4.78 is 11.2. The lowest BCUT2D eigenvalue weighted by Gasteiger charge is -2.19. The fourth-order valence-corrected chi connectivity index (χ4v) is 2.74. The molecule has 0 saturated carbocycles. The highest BCUT2D eigenvalue weighted by Crippen LogP contribution is 2.21. The second-order valence-electron chi connectivity index (χ2n) is 5.69. The molecule has 0 bridgehead atoms. The Morgan fingerprint density at radius 2 is 1.30 bits per heavy atom. The van der Waals surface area contributed by atoms with Gasteiger partial charge in [-0.2, -0.15) is 0 Å². The first-order chi connectivity index (χ1) is 13.2. The molecule has 1 N–H and O–H groups in total. The van der Waals surface area contributed by atoms with Crippen molar-refractivity contribution in [2.24, 2.45) is 0 Å². The van der Waals surface area contributed by atoms with E-state index >= 15 is 0 Å². The quantitative estimate of drug-likeness (QED) is 0.466. The van der Waals surface area contributed by atoms with Gasteiger partial charge in [0.1, 0.15) is 0 Å². The summed E-state index contributed by atoms with van der Waals surface area (Å²) in [6, 6.07) is 28.1. The number of anilines is 2. The van der Waals surface area contributed by atoms with Crippen molar-refractivity contribution in [3.63, 3.8) is 0 Å². The fourth-order valence-electron chi connectivity index (χ4n) is 2.42. The zero-order valence-corrected chi connectivity index (χ0v) is 16.9. The highest BCUT2D eigenvalue weighted by molar-refractivity contribution is 6.36. The van der Waals surface area contributed by atoms with Crippen molar-refractivity contribution in [3.05, 3.63) is 90.5 Å². The molecule has 27 heavy (non-hydrogen) atoms. The molecule has 0 aliphatic carbocycles. The molecule has 3 aromatic rings. The Morgan fingerprint density at radius 3 is 1.78 bits per heavy atom. The van der Waals surface area contributed by atoms with Crippen LogP contribution in [-0.4, -0.2) is 23.5 Å². The summed E-state index contributed by atoms with van der Waals surface area (Å²) in [6.45, 7) is 5.16. The van der Waals surface area contributed by atoms with E-state index in [0.29, 0.717) is 13.2 Å². The number of ether oxygens (including phenoxy) is 2. The Hall–Kier alpha value is -2.40. The summed E-state index contributed by atoms with van der Waals surface area (Å²) in [7, 11) is 3.66. The van der Waals surface area contributed by atoms with Crippen molar-refractivity contribution in [3.8, 4) is 0 Å². The zero-order chi connectivity index (χ0) is 19.3. The van der Waals surface area contributed by atoms with E-state index in [1.807, 2.05) is 98.8 Å². The van der Waals surface area contributed by atoms with Gasteiger partial charge < -0.3 is 14.8 Å². The maximum Gasteiger partial charge on any atom is 0.183 e. The van der Waals surface area contributed by atoms with Gasteiger partial charge in [-0.3, -0.25) is 0 Å². The highest BCUT2D eigenvalue weighted by Gasteiger charge is 2.12. The van der Waals surface area contributed by atoms with Crippen molar-refractivity contribution in [2.75, 3.05) is 18.5 Å². The molecule has 4 heteroatoms. The van der Waals surface area contributed by atoms with Gasteiger partial charge in [-0.1, -0.05) is 66.7 Å². The number of hydrogen-bond acceptors (Lipinski definition) is 3. The Labute approximate surface area is 165 Å². The van der Waals surface area contributed by atoms with E-state index in [2.05, 4.69) is 15.6 Å². The van der Waals surface area contributed by atoms with Crippen LogP contribution < -0.4 is 10.5 Å². The summed E-state index contributed by atoms with van der Waals surface area (Å²) >= 11 is 0. The van der Waals surface area contributed by atoms with Gasteiger partial charge in [0.15, 0.2) is 6.29 Å². The maximum absolute atomic E-state index is 5.62. The normalized spacial score (nSPS) is 10.2. The molecule has 0 aliphatic rings. The largest absolute Gasteiger partial charge is 0.356 e. The third-order valence-electron chi connectivity index (χ3n) is 3.67. The van der Waals surface area contributed by atoms with E-state index < -0.39 is 0 Å². The summed E-state index contributed by atoms with van der Waals surface area (Å²) in [5.74, 6) is 0. The molecule has 0 spiro atoms. The predicted molar refractivity (Wildman–Crippen MR) is 114 cm³/mol. The van der Waals surface area contributed by atoms with Crippen LogP contribution in [-0.2, 0) is 9.47 Å². The Bertz CT molecular complexity index is 733. The minimum Gasteiger partial charge on any atom is -0.356 e. The zero-order valence-electron chi connectivity index (χ0n) is 15.9. The lowest BCUT2D eigenvalue weighted by Crippen LogP contribution is -2.15. The first-order valence-corrected chi connectivity index (χ1v) is 9.65. The predicted octanol–water partition coefficient (Wildman–Crippen LogP) is 4.98. The molecule has 0 atom stereocenters. The standard InChI is InChI=1S/C17H20NO2Si.C6H6/c1-3-19-17(20-4-2)13-10-11-15(16(21)12-13)18-14-8-6-5-7-9-14;1-2-4-6-5-3-1/h5-12,17-18H,3-4H2,1-2H3;1-6H. The molecule has 0 fully saturated rings. The molecule has 139 valence electrons. The second kappa shape index (κ2) is 12.1. The second-order valence-corrected chi connectivity index (χ2v) is 6.23. The Balaban J connectivity index is 0.000000369. The van der Waals surface area contributed by atoms with E-state index in [1.54, 1.807) is 0 Å². The van der Waals surface area contributed by atoms with E-state index in [0.717, 1.165) is 22.1 Å². The summed E-state index contributed by atoms with van der Waals surface area (Å²) in [5.41, 5.74) is 3.06. The number of nitrogens with one attached hydrogen (secondary N) is 1. The van der Waals surface area contributed by atoms with Gasteiger partial charge in [-0.15, -0.1) is 0 Å². The first-order valence-electron chi connectivity index (χ1n) is 9.15. The van der Waals surface area contributed by atoms with Crippen molar-refractivity contribution in [1.82, 2.24) is 0 Å². The van der Waals surface area contributed by atoms with E-state index in [1.165, 1.54) is 0 Å². The van der Waals surface area contributed by atoms with Crippen LogP contribution in [0.5, 0.6) is 0 Å². The van der Waals surface area contributed by atoms with Gasteiger partial charge >= 0.3 is 0 Å². The summed E-state index contributed by atoms with van der Waals surface area (Å²) in [4.78, 5) is 0. The average Bonchev–Trinajstić information content (AvgIpc) is 2.72. The molecule has 0 aliphatic heterocycles. The molecule has 3 radical (unpaired) electrons. The Morgan fingerprint density at radius 1 is 0.778 bits per heavy atom. The van der Waals surface area contributed by atoms with E-state index in [-0.39, 0.29) is 6.29 Å². The molecule has 0 saturated heterocycles. The Kier molecular flexibility index (Phi) is 9.34. The van der Waals surface area contributed by atoms with Crippen LogP contribution in [0.1, 0.15) is 25.7 Å². The van der Waals surface area contributed by atoms with Crippen molar-refractivity contribution in [1.29, 1.82) is 0 Å². The molecular weight excluding hydrogens is 350 g/mol. The minimum absolute atomic E-state index is 0.319. The fraction of sp³-hybridized carbons (Fsp3) is 0.217. The van der Waals surface area contributed by atoms with Crippen LogP contribution in [0.15, 0.2) is 84.9 Å². The molecule has 3 nitrogen and oxygen atoms in total. The van der Waals surface area contributed by atoms with Crippen molar-refractivity contribution < 1.29 is 9.47 Å². The first kappa shape index (κ1) is 20.9. The van der Waals surface area contributed by atoms with Crippen LogP contribution >= 0.6 is 0 Å². The smallest absolute Gasteiger partial charge is 0.183 e. The topological polar surface area (TPSA) is 30.5 Å². The summed E-state index contributed by atoms with van der Waals surface area (Å²) in [5, 5.41) is 4.35. The van der Waals surface area contributed by atoms with Gasteiger partial charge in [-0.25, -0.2) is 0 Å². The molecule has 0 unspecified atom stereocenters. The molecule has 0 heterocycles. The SMILES string of the molecule is CCOC(OCC)c1ccc(Nc2ccccc2)c([Si])c1.c1ccccc1. The number of para-hydroxylation sites is 1. The number of benzene rings is 3. The molecule has 0 amide bonds. The van der Waals surface area contributed by atoms with Gasteiger partial charge in [-0.05, 0) is 37.2 Å². The third kappa shape index (κ3) is 7.39. The number of rotatable bonds is 7. The van der Waals surface area contributed by atoms with Crippen LogP contribution in [0.2, 0.25) is 0 Å². The lowest BCUT2D eigenvalue weighted by molar-refractivity contribution is -0.140. The van der Waals surface area contributed by atoms with Gasteiger partial charge in [0.25, 0.3) is 0 Å². The molecular formula is C23H26NO2Si. The summed E-state index contributed by atoms with van der Waals surface area (Å²) in [6.07, 6.45) is -0.319. The average molecular weight is 377 g/mol. The van der Waals surface area contributed by atoms with E-state index in [4.69, 9.17) is 9.47 Å². The lowest BCUT2D eigenvalue weighted by atomic mass is 10.2. The van der Waals surface area contributed by atoms with Crippen LogP contribution in [0.25, 0.3) is 0 Å². The van der Waals surface area contributed by atoms with Gasteiger partial charge in [0.05, 0.1) is 10.2 Å². The van der Waals surface area contributed by atoms with Gasteiger partial charge in [0.2, 0.25) is 0 Å². The maximum atomic E-state index is 5.62. The minimum atomic E-state index is -0.319. The molecule has 0 aromatic heterocycles. The van der Waals surface area contributed by atoms with Gasteiger partial charge in [0, 0.05) is 30.2 Å². The monoisotopic (exact) mass is 376 g/mol. The highest BCUT2D eigenvalue weighted by atomic mass is 28.1.